The number of methoxy groups -OCH3 is 1. The van der Waals surface area contributed by atoms with Crippen LogP contribution in [0.2, 0.25) is 0 Å². The Morgan fingerprint density at radius 3 is 2.60 bits per heavy atom. The van der Waals surface area contributed by atoms with Crippen molar-refractivity contribution in [3.05, 3.63) is 23.8 Å². The van der Waals surface area contributed by atoms with Gasteiger partial charge in [0, 0.05) is 17.7 Å². The van der Waals surface area contributed by atoms with Crippen molar-refractivity contribution in [3.63, 3.8) is 0 Å². The Labute approximate surface area is 125 Å². The van der Waals surface area contributed by atoms with Gasteiger partial charge >= 0.3 is 0 Å². The van der Waals surface area contributed by atoms with Gasteiger partial charge in [-0.3, -0.25) is 4.79 Å². The maximum atomic E-state index is 12.4. The van der Waals surface area contributed by atoms with Gasteiger partial charge in [-0.1, -0.05) is 25.3 Å². The van der Waals surface area contributed by atoms with Crippen LogP contribution in [0.25, 0.3) is 0 Å². The molecule has 0 saturated heterocycles. The molecule has 20 heavy (non-hydrogen) atoms. The number of halogens is 1. The normalized spacial score (nSPS) is 22.4. The average molecular weight is 297 g/mol. The molecule has 1 aliphatic heterocycles. The van der Waals surface area contributed by atoms with E-state index in [1.165, 1.54) is 19.3 Å². The zero-order valence-electron chi connectivity index (χ0n) is 11.7. The molecule has 110 valence electrons. The second-order valence-corrected chi connectivity index (χ2v) is 5.40. The van der Waals surface area contributed by atoms with Gasteiger partial charge in [-0.05, 0) is 18.9 Å². The highest BCUT2D eigenvalue weighted by Crippen LogP contribution is 2.40. The molecule has 0 aromatic heterocycles. The molecule has 1 atom stereocenters. The molecule has 0 spiro atoms. The molecule has 1 aliphatic carbocycles. The van der Waals surface area contributed by atoms with E-state index in [0.717, 1.165) is 29.8 Å². The van der Waals surface area contributed by atoms with Crippen molar-refractivity contribution in [2.45, 2.75) is 44.2 Å². The van der Waals surface area contributed by atoms with Gasteiger partial charge < -0.3 is 15.4 Å². The minimum Gasteiger partial charge on any atom is -0.497 e. The fourth-order valence-electron chi connectivity index (χ4n) is 3.24. The molecule has 0 bridgehead atoms. The fourth-order valence-corrected chi connectivity index (χ4v) is 3.24. The van der Waals surface area contributed by atoms with Crippen LogP contribution in [0.5, 0.6) is 5.75 Å². The van der Waals surface area contributed by atoms with Crippen molar-refractivity contribution in [2.24, 2.45) is 5.73 Å². The van der Waals surface area contributed by atoms with Crippen LogP contribution < -0.4 is 15.4 Å². The number of carbonyl (C=O) groups excluding carboxylic acids is 1. The Morgan fingerprint density at radius 1 is 1.25 bits per heavy atom. The molecule has 1 saturated carbocycles. The minimum absolute atomic E-state index is 0. The number of nitrogens with zero attached hydrogens (tertiary/aromatic N) is 1. The van der Waals surface area contributed by atoms with Crippen LogP contribution in [0, 0.1) is 0 Å². The Hall–Kier alpha value is -1.26. The Bertz CT molecular complexity index is 501. The van der Waals surface area contributed by atoms with E-state index in [4.69, 9.17) is 10.5 Å². The van der Waals surface area contributed by atoms with Gasteiger partial charge in [-0.2, -0.15) is 0 Å². The van der Waals surface area contributed by atoms with E-state index in [-0.39, 0.29) is 18.3 Å². The van der Waals surface area contributed by atoms with Crippen molar-refractivity contribution in [1.82, 2.24) is 0 Å². The van der Waals surface area contributed by atoms with Crippen LogP contribution >= 0.6 is 12.4 Å². The largest absolute Gasteiger partial charge is 0.497 e. The van der Waals surface area contributed by atoms with Crippen LogP contribution in [0.1, 0.15) is 43.7 Å². The fraction of sp³-hybridized carbons (Fsp3) is 0.533. The molecule has 0 radical (unpaired) electrons. The Balaban J connectivity index is 0.00000147. The summed E-state index contributed by atoms with van der Waals surface area (Å²) in [5.74, 6) is 0.816. The van der Waals surface area contributed by atoms with Gasteiger partial charge in [-0.25, -0.2) is 0 Å². The standard InChI is InChI=1S/C15H20N2O2.ClH/c1-19-11-7-8-12-13(9-11)17(15(18)14(12)16)10-5-3-2-4-6-10;/h7-10,14H,2-6,16H2,1H3;1H. The zero-order valence-corrected chi connectivity index (χ0v) is 12.5. The van der Waals surface area contributed by atoms with Gasteiger partial charge in [0.25, 0.3) is 0 Å². The topological polar surface area (TPSA) is 55.6 Å². The summed E-state index contributed by atoms with van der Waals surface area (Å²) in [6.45, 7) is 0. The lowest BCUT2D eigenvalue weighted by atomic mass is 9.94. The lowest BCUT2D eigenvalue weighted by Gasteiger charge is -2.31. The number of hydrogen-bond donors (Lipinski definition) is 1. The number of nitrogens with two attached hydrogens (primary N) is 1. The summed E-state index contributed by atoms with van der Waals surface area (Å²) in [5.41, 5.74) is 7.92. The summed E-state index contributed by atoms with van der Waals surface area (Å²) in [5, 5.41) is 0. The Morgan fingerprint density at radius 2 is 1.95 bits per heavy atom. The highest BCUT2D eigenvalue weighted by molar-refractivity contribution is 6.05. The number of rotatable bonds is 2. The molecule has 3 rings (SSSR count). The summed E-state index contributed by atoms with van der Waals surface area (Å²) in [7, 11) is 1.64. The van der Waals surface area contributed by atoms with Crippen LogP contribution in [-0.4, -0.2) is 19.1 Å². The minimum atomic E-state index is -0.511. The molecule has 1 heterocycles. The van der Waals surface area contributed by atoms with Crippen LogP contribution in [0.3, 0.4) is 0 Å². The van der Waals surface area contributed by atoms with E-state index in [9.17, 15) is 4.79 Å². The smallest absolute Gasteiger partial charge is 0.248 e. The maximum Gasteiger partial charge on any atom is 0.248 e. The van der Waals surface area contributed by atoms with Gasteiger partial charge in [0.2, 0.25) is 5.91 Å². The van der Waals surface area contributed by atoms with Crippen LogP contribution in [0.15, 0.2) is 18.2 Å². The van der Waals surface area contributed by atoms with E-state index < -0.39 is 6.04 Å². The zero-order chi connectivity index (χ0) is 13.4. The molecule has 2 N–H and O–H groups in total. The highest BCUT2D eigenvalue weighted by Gasteiger charge is 2.39. The van der Waals surface area contributed by atoms with Crippen molar-refractivity contribution in [1.29, 1.82) is 0 Å². The number of benzene rings is 1. The highest BCUT2D eigenvalue weighted by atomic mass is 35.5. The van der Waals surface area contributed by atoms with E-state index in [1.54, 1.807) is 7.11 Å². The molecule has 5 heteroatoms. The van der Waals surface area contributed by atoms with E-state index >= 15 is 0 Å². The third-order valence-electron chi connectivity index (χ3n) is 4.28. The molecule has 1 aromatic carbocycles. The van der Waals surface area contributed by atoms with Crippen molar-refractivity contribution >= 4 is 24.0 Å². The maximum absolute atomic E-state index is 12.4. The summed E-state index contributed by atoms with van der Waals surface area (Å²) in [6, 6.07) is 5.52. The summed E-state index contributed by atoms with van der Waals surface area (Å²) in [6.07, 6.45) is 5.83. The molecule has 1 unspecified atom stereocenters. The van der Waals surface area contributed by atoms with Crippen LogP contribution in [0.4, 0.5) is 5.69 Å². The second kappa shape index (κ2) is 6.02. The first-order valence-electron chi connectivity index (χ1n) is 6.99. The lowest BCUT2D eigenvalue weighted by molar-refractivity contribution is -0.119. The SMILES string of the molecule is COc1ccc2c(c1)N(C1CCCCC1)C(=O)C2N.Cl. The molecule has 2 aliphatic rings. The molecule has 1 amide bonds. The van der Waals surface area contributed by atoms with Gasteiger partial charge in [0.1, 0.15) is 11.8 Å². The predicted molar refractivity (Wildman–Crippen MR) is 81.5 cm³/mol. The number of fused-ring (bicyclic) bond motifs is 1. The summed E-state index contributed by atoms with van der Waals surface area (Å²) >= 11 is 0. The Kier molecular flexibility index (Phi) is 4.55. The second-order valence-electron chi connectivity index (χ2n) is 5.40. The summed E-state index contributed by atoms with van der Waals surface area (Å²) in [4.78, 5) is 14.3. The van der Waals surface area contributed by atoms with Crippen molar-refractivity contribution < 1.29 is 9.53 Å². The number of ether oxygens (including phenoxy) is 1. The number of hydrogen-bond acceptors (Lipinski definition) is 3. The third-order valence-corrected chi connectivity index (χ3v) is 4.28. The summed E-state index contributed by atoms with van der Waals surface area (Å²) < 4.78 is 5.27. The lowest BCUT2D eigenvalue weighted by Crippen LogP contribution is -2.41. The van der Waals surface area contributed by atoms with E-state index in [2.05, 4.69) is 0 Å². The quantitative estimate of drug-likeness (QED) is 0.913. The average Bonchev–Trinajstić information content (AvgIpc) is 2.71. The molecular formula is C15H21ClN2O2. The number of amides is 1. The molecule has 4 nitrogen and oxygen atoms in total. The first kappa shape index (κ1) is 15.1. The predicted octanol–water partition coefficient (Wildman–Crippen LogP) is 2.80. The third kappa shape index (κ3) is 2.38. The first-order valence-corrected chi connectivity index (χ1v) is 6.99. The van der Waals surface area contributed by atoms with Crippen molar-refractivity contribution in [3.8, 4) is 5.75 Å². The van der Waals surface area contributed by atoms with E-state index in [0.29, 0.717) is 6.04 Å². The van der Waals surface area contributed by atoms with Crippen molar-refractivity contribution in [2.75, 3.05) is 12.0 Å². The number of carbonyl (C=O) groups is 1. The first-order chi connectivity index (χ1) is 9.22. The van der Waals surface area contributed by atoms with E-state index in [1.807, 2.05) is 23.1 Å². The van der Waals surface area contributed by atoms with Gasteiger partial charge in [0.15, 0.2) is 0 Å². The molecular weight excluding hydrogens is 276 g/mol. The van der Waals surface area contributed by atoms with Gasteiger partial charge in [0.05, 0.1) is 12.8 Å². The van der Waals surface area contributed by atoms with Crippen LogP contribution in [-0.2, 0) is 4.79 Å². The molecule has 1 fully saturated rings. The molecule has 1 aromatic rings. The number of anilines is 1. The van der Waals surface area contributed by atoms with Gasteiger partial charge in [-0.15, -0.1) is 12.4 Å². The monoisotopic (exact) mass is 296 g/mol.